The fourth-order valence-corrected chi connectivity index (χ4v) is 3.10. The van der Waals surface area contributed by atoms with Gasteiger partial charge in [0.1, 0.15) is 6.04 Å². The van der Waals surface area contributed by atoms with E-state index in [0.717, 1.165) is 16.8 Å². The van der Waals surface area contributed by atoms with Gasteiger partial charge in [0.15, 0.2) is 0 Å². The Balaban J connectivity index is 2.00. The maximum Gasteiger partial charge on any atom is 0.247 e. The number of hydrogen-bond donors (Lipinski definition) is 1. The minimum atomic E-state index is -0.579. The number of amides is 1. The largest absolute Gasteiger partial charge is 0.318 e. The van der Waals surface area contributed by atoms with E-state index in [-0.39, 0.29) is 11.9 Å². The van der Waals surface area contributed by atoms with Gasteiger partial charge in [0.25, 0.3) is 0 Å². The summed E-state index contributed by atoms with van der Waals surface area (Å²) in [6, 6.07) is 12.2. The van der Waals surface area contributed by atoms with Crippen molar-refractivity contribution in [2.75, 3.05) is 4.90 Å². The Labute approximate surface area is 133 Å². The fraction of sp³-hybridized carbons (Fsp3) is 0.188. The highest BCUT2D eigenvalue weighted by Gasteiger charge is 2.47. The number of carbonyl (C=O) groups is 1. The lowest BCUT2D eigenvalue weighted by molar-refractivity contribution is -0.126. The molecule has 1 fully saturated rings. The van der Waals surface area contributed by atoms with Gasteiger partial charge in [0.2, 0.25) is 5.91 Å². The summed E-state index contributed by atoms with van der Waals surface area (Å²) in [6.07, 6.45) is 0. The second-order valence-corrected chi connectivity index (χ2v) is 6.02. The van der Waals surface area contributed by atoms with E-state index in [2.05, 4.69) is 0 Å². The molecule has 0 unspecified atom stereocenters. The van der Waals surface area contributed by atoms with Gasteiger partial charge in [-0.2, -0.15) is 0 Å². The van der Waals surface area contributed by atoms with E-state index in [9.17, 15) is 4.79 Å². The lowest BCUT2D eigenvalue weighted by Gasteiger charge is -2.46. The van der Waals surface area contributed by atoms with Crippen LogP contribution < -0.4 is 10.6 Å². The number of nitrogens with zero attached hydrogens (tertiary/aromatic N) is 1. The summed E-state index contributed by atoms with van der Waals surface area (Å²) in [4.78, 5) is 13.8. The third-order valence-corrected chi connectivity index (χ3v) is 4.30. The standard InChI is InChI=1S/C16H14Cl2N2O/c1-9-2-5-11(6-3-9)20-15(14(19)16(20)21)12-7-4-10(17)8-13(12)18/h2-8,14-15H,19H2,1H3/t14-,15-/m1/s1. The van der Waals surface area contributed by atoms with Crippen LogP contribution in [0, 0.1) is 6.92 Å². The summed E-state index contributed by atoms with van der Waals surface area (Å²) in [5.41, 5.74) is 8.75. The van der Waals surface area contributed by atoms with E-state index in [0.29, 0.717) is 10.0 Å². The molecule has 0 spiro atoms. The van der Waals surface area contributed by atoms with Crippen molar-refractivity contribution in [2.24, 2.45) is 5.73 Å². The summed E-state index contributed by atoms with van der Waals surface area (Å²) in [5.74, 6) is -0.102. The fourth-order valence-electron chi connectivity index (χ4n) is 2.58. The molecule has 2 aromatic rings. The number of aryl methyl sites for hydroxylation is 1. The number of benzene rings is 2. The van der Waals surface area contributed by atoms with E-state index in [1.54, 1.807) is 17.0 Å². The molecule has 5 heteroatoms. The molecule has 3 rings (SSSR count). The van der Waals surface area contributed by atoms with Gasteiger partial charge in [-0.1, -0.05) is 47.0 Å². The van der Waals surface area contributed by atoms with E-state index in [4.69, 9.17) is 28.9 Å². The molecule has 0 saturated carbocycles. The molecule has 2 N–H and O–H groups in total. The lowest BCUT2D eigenvalue weighted by atomic mass is 9.88. The Morgan fingerprint density at radius 2 is 1.76 bits per heavy atom. The van der Waals surface area contributed by atoms with E-state index in [1.807, 2.05) is 37.3 Å². The Morgan fingerprint density at radius 3 is 2.38 bits per heavy atom. The molecule has 1 aliphatic heterocycles. The van der Waals surface area contributed by atoms with Crippen LogP contribution in [0.25, 0.3) is 0 Å². The van der Waals surface area contributed by atoms with Crippen molar-refractivity contribution < 1.29 is 4.79 Å². The van der Waals surface area contributed by atoms with Crippen LogP contribution in [0.1, 0.15) is 17.2 Å². The van der Waals surface area contributed by atoms with Crippen molar-refractivity contribution in [3.63, 3.8) is 0 Å². The molecule has 2 atom stereocenters. The Bertz CT molecular complexity index is 700. The molecule has 1 aliphatic rings. The first-order valence-electron chi connectivity index (χ1n) is 6.59. The summed E-state index contributed by atoms with van der Waals surface area (Å²) in [6.45, 7) is 2.00. The van der Waals surface area contributed by atoms with Gasteiger partial charge in [0, 0.05) is 15.7 Å². The second kappa shape index (κ2) is 5.34. The zero-order valence-corrected chi connectivity index (χ0v) is 12.9. The van der Waals surface area contributed by atoms with Gasteiger partial charge in [-0.3, -0.25) is 4.79 Å². The first-order chi connectivity index (χ1) is 9.99. The maximum atomic E-state index is 12.1. The van der Waals surface area contributed by atoms with Crippen LogP contribution in [0.3, 0.4) is 0 Å². The van der Waals surface area contributed by atoms with E-state index < -0.39 is 6.04 Å². The maximum absolute atomic E-state index is 12.1. The van der Waals surface area contributed by atoms with Crippen molar-refractivity contribution >= 4 is 34.8 Å². The van der Waals surface area contributed by atoms with Crippen molar-refractivity contribution in [3.8, 4) is 0 Å². The zero-order valence-electron chi connectivity index (χ0n) is 11.4. The number of β-lactam (4-membered cyclic amide) rings is 1. The highest BCUT2D eigenvalue weighted by molar-refractivity contribution is 6.35. The van der Waals surface area contributed by atoms with Gasteiger partial charge in [-0.15, -0.1) is 0 Å². The van der Waals surface area contributed by atoms with Crippen LogP contribution in [0.4, 0.5) is 5.69 Å². The normalized spacial score (nSPS) is 21.3. The molecule has 0 aromatic heterocycles. The molecule has 0 bridgehead atoms. The number of hydrogen-bond acceptors (Lipinski definition) is 2. The number of carbonyl (C=O) groups excluding carboxylic acids is 1. The van der Waals surface area contributed by atoms with E-state index >= 15 is 0 Å². The monoisotopic (exact) mass is 320 g/mol. The van der Waals surface area contributed by atoms with Crippen molar-refractivity contribution in [1.82, 2.24) is 0 Å². The van der Waals surface area contributed by atoms with Crippen LogP contribution in [0.15, 0.2) is 42.5 Å². The quantitative estimate of drug-likeness (QED) is 0.857. The molecule has 21 heavy (non-hydrogen) atoms. The number of anilines is 1. The van der Waals surface area contributed by atoms with Crippen LogP contribution >= 0.6 is 23.2 Å². The SMILES string of the molecule is Cc1ccc(N2C(=O)[C@H](N)[C@H]2c2ccc(Cl)cc2Cl)cc1. The van der Waals surface area contributed by atoms with Gasteiger partial charge in [-0.25, -0.2) is 0 Å². The molecule has 1 saturated heterocycles. The first-order valence-corrected chi connectivity index (χ1v) is 7.35. The molecule has 108 valence electrons. The Kier molecular flexibility index (Phi) is 3.66. The molecule has 0 radical (unpaired) electrons. The molecule has 3 nitrogen and oxygen atoms in total. The Hall–Kier alpha value is -1.55. The van der Waals surface area contributed by atoms with Gasteiger partial charge in [-0.05, 0) is 36.8 Å². The van der Waals surface area contributed by atoms with E-state index in [1.165, 1.54) is 0 Å². The topological polar surface area (TPSA) is 46.3 Å². The van der Waals surface area contributed by atoms with Crippen LogP contribution in [-0.4, -0.2) is 11.9 Å². The zero-order chi connectivity index (χ0) is 15.1. The van der Waals surface area contributed by atoms with Gasteiger partial charge in [0.05, 0.1) is 6.04 Å². The second-order valence-electron chi connectivity index (χ2n) is 5.18. The minimum absolute atomic E-state index is 0.102. The van der Waals surface area contributed by atoms with Gasteiger partial charge >= 0.3 is 0 Å². The number of halogens is 2. The predicted octanol–water partition coefficient (Wildman–Crippen LogP) is 3.72. The molecular weight excluding hydrogens is 307 g/mol. The molecular formula is C16H14Cl2N2O. The minimum Gasteiger partial charge on any atom is -0.318 e. The number of nitrogens with two attached hydrogens (primary N) is 1. The highest BCUT2D eigenvalue weighted by Crippen LogP contribution is 2.41. The summed E-state index contributed by atoms with van der Waals surface area (Å²) in [5, 5.41) is 1.08. The van der Waals surface area contributed by atoms with Crippen molar-refractivity contribution in [1.29, 1.82) is 0 Å². The first kappa shape index (κ1) is 14.4. The van der Waals surface area contributed by atoms with Crippen LogP contribution in [0.5, 0.6) is 0 Å². The lowest BCUT2D eigenvalue weighted by Crippen LogP contribution is -2.63. The average molecular weight is 321 g/mol. The summed E-state index contributed by atoms with van der Waals surface area (Å²) < 4.78 is 0. The highest BCUT2D eigenvalue weighted by atomic mass is 35.5. The average Bonchev–Trinajstić information content (AvgIpc) is 2.46. The van der Waals surface area contributed by atoms with Crippen molar-refractivity contribution in [3.05, 3.63) is 63.6 Å². The third-order valence-electron chi connectivity index (χ3n) is 3.73. The smallest absolute Gasteiger partial charge is 0.247 e. The van der Waals surface area contributed by atoms with Gasteiger partial charge < -0.3 is 10.6 Å². The summed E-state index contributed by atoms with van der Waals surface area (Å²) >= 11 is 12.2. The summed E-state index contributed by atoms with van der Waals surface area (Å²) in [7, 11) is 0. The van der Waals surface area contributed by atoms with Crippen LogP contribution in [0.2, 0.25) is 10.0 Å². The Morgan fingerprint density at radius 1 is 1.10 bits per heavy atom. The third kappa shape index (κ3) is 2.42. The molecule has 0 aliphatic carbocycles. The molecule has 2 aromatic carbocycles. The molecule has 1 heterocycles. The van der Waals surface area contributed by atoms with Crippen molar-refractivity contribution in [2.45, 2.75) is 19.0 Å². The number of rotatable bonds is 2. The molecule has 1 amide bonds. The predicted molar refractivity (Wildman–Crippen MR) is 85.8 cm³/mol. The van der Waals surface area contributed by atoms with Crippen LogP contribution in [-0.2, 0) is 4.79 Å².